The van der Waals surface area contributed by atoms with Crippen molar-refractivity contribution in [3.8, 4) is 5.75 Å². The molecule has 0 unspecified atom stereocenters. The van der Waals surface area contributed by atoms with Crippen LogP contribution in [0.25, 0.3) is 21.4 Å². The Morgan fingerprint density at radius 3 is 2.53 bits per heavy atom. The molecule has 0 bridgehead atoms. The van der Waals surface area contributed by atoms with Gasteiger partial charge in [-0.25, -0.2) is 9.59 Å². The molecule has 30 heavy (non-hydrogen) atoms. The Bertz CT molecular complexity index is 953. The summed E-state index contributed by atoms with van der Waals surface area (Å²) in [6.07, 6.45) is 0. The van der Waals surface area contributed by atoms with Gasteiger partial charge in [-0.2, -0.15) is 0 Å². The van der Waals surface area contributed by atoms with E-state index in [1.54, 1.807) is 6.92 Å². The van der Waals surface area contributed by atoms with Gasteiger partial charge in [-0.1, -0.05) is 5.11 Å². The highest BCUT2D eigenvalue weighted by atomic mass is 16.5. The molecule has 11 heteroatoms. The molecule has 0 fully saturated rings. The van der Waals surface area contributed by atoms with Gasteiger partial charge in [0.2, 0.25) is 0 Å². The minimum Gasteiger partial charge on any atom is -0.508 e. The van der Waals surface area contributed by atoms with Crippen LogP contribution in [0.1, 0.15) is 22.8 Å². The van der Waals surface area contributed by atoms with Crippen LogP contribution < -0.4 is 5.63 Å². The number of aromatic hydroxyl groups is 1. The number of carbonyl (C=O) groups is 1. The second-order valence-electron chi connectivity index (χ2n) is 5.92. The minimum absolute atomic E-state index is 0.0951. The van der Waals surface area contributed by atoms with Gasteiger partial charge in [0.1, 0.15) is 16.9 Å². The lowest BCUT2D eigenvalue weighted by Crippen LogP contribution is -2.16. The maximum Gasteiger partial charge on any atom is 0.351 e. The Kier molecular flexibility index (Phi) is 9.62. The van der Waals surface area contributed by atoms with Crippen LogP contribution >= 0.6 is 0 Å². The van der Waals surface area contributed by atoms with E-state index in [1.807, 2.05) is 0 Å². The molecule has 1 aromatic carbocycles. The fourth-order valence-corrected chi connectivity index (χ4v) is 2.52. The van der Waals surface area contributed by atoms with Crippen molar-refractivity contribution in [3.05, 3.63) is 50.2 Å². The molecule has 0 amide bonds. The number of nitrogens with zero attached hydrogens (tertiary/aromatic N) is 3. The molecule has 0 aliphatic heterocycles. The van der Waals surface area contributed by atoms with Gasteiger partial charge in [-0.3, -0.25) is 0 Å². The number of rotatable bonds is 13. The van der Waals surface area contributed by atoms with Crippen molar-refractivity contribution in [2.45, 2.75) is 13.5 Å². The van der Waals surface area contributed by atoms with Crippen molar-refractivity contribution in [2.75, 3.05) is 46.2 Å². The number of azide groups is 1. The first kappa shape index (κ1) is 23.2. The molecule has 0 radical (unpaired) electrons. The van der Waals surface area contributed by atoms with E-state index in [2.05, 4.69) is 10.0 Å². The SMILES string of the molecule is CCOC(=O)c1cc2c(COCCOCCOCCN=[N+]=[N-])cc(O)cc2oc1=O. The first-order chi connectivity index (χ1) is 14.6. The van der Waals surface area contributed by atoms with E-state index in [0.29, 0.717) is 37.4 Å². The number of ether oxygens (including phenoxy) is 4. The highest BCUT2D eigenvalue weighted by Crippen LogP contribution is 2.25. The summed E-state index contributed by atoms with van der Waals surface area (Å²) in [5.41, 5.74) is 7.75. The van der Waals surface area contributed by atoms with Crippen molar-refractivity contribution in [3.63, 3.8) is 0 Å². The largest absolute Gasteiger partial charge is 0.508 e. The minimum atomic E-state index is -0.839. The van der Waals surface area contributed by atoms with Crippen molar-refractivity contribution in [1.29, 1.82) is 0 Å². The highest BCUT2D eigenvalue weighted by molar-refractivity contribution is 5.94. The summed E-state index contributed by atoms with van der Waals surface area (Å²) in [6.45, 7) is 3.80. The number of hydrogen-bond donors (Lipinski definition) is 1. The third-order valence-electron chi connectivity index (χ3n) is 3.82. The third kappa shape index (κ3) is 7.05. The number of esters is 1. The number of benzene rings is 1. The quantitative estimate of drug-likeness (QED) is 0.129. The average molecular weight is 421 g/mol. The monoisotopic (exact) mass is 421 g/mol. The molecule has 0 aliphatic rings. The summed E-state index contributed by atoms with van der Waals surface area (Å²) < 4.78 is 26.1. The molecule has 162 valence electrons. The van der Waals surface area contributed by atoms with Crippen LogP contribution in [-0.4, -0.2) is 57.3 Å². The third-order valence-corrected chi connectivity index (χ3v) is 3.82. The Morgan fingerprint density at radius 1 is 1.13 bits per heavy atom. The standard InChI is InChI=1S/C19H23N3O8/c1-2-29-18(24)16-11-15-13(9-14(23)10-17(15)30-19(16)25)12-28-8-7-27-6-5-26-4-3-21-22-20/h9-11,23H,2-8,12H2,1H3. The van der Waals surface area contributed by atoms with Crippen LogP contribution in [0.3, 0.4) is 0 Å². The van der Waals surface area contributed by atoms with Gasteiger partial charge in [0, 0.05) is 22.9 Å². The Hall–Kier alpha value is -3.11. The molecular formula is C19H23N3O8. The molecule has 11 nitrogen and oxygen atoms in total. The number of fused-ring (bicyclic) bond motifs is 1. The Morgan fingerprint density at radius 2 is 1.83 bits per heavy atom. The number of phenolic OH excluding ortho intramolecular Hbond substituents is 1. The van der Waals surface area contributed by atoms with Gasteiger partial charge in [-0.15, -0.1) is 0 Å². The summed E-state index contributed by atoms with van der Waals surface area (Å²) in [5, 5.41) is 13.7. The molecule has 1 N–H and O–H groups in total. The fourth-order valence-electron chi connectivity index (χ4n) is 2.52. The molecule has 1 heterocycles. The van der Waals surface area contributed by atoms with E-state index in [0.717, 1.165) is 0 Å². The van der Waals surface area contributed by atoms with Crippen molar-refractivity contribution in [2.24, 2.45) is 5.11 Å². The van der Waals surface area contributed by atoms with Crippen molar-refractivity contribution in [1.82, 2.24) is 0 Å². The summed E-state index contributed by atoms with van der Waals surface area (Å²) in [5.74, 6) is -0.870. The summed E-state index contributed by atoms with van der Waals surface area (Å²) in [4.78, 5) is 26.6. The zero-order valence-electron chi connectivity index (χ0n) is 16.5. The predicted molar refractivity (Wildman–Crippen MR) is 105 cm³/mol. The van der Waals surface area contributed by atoms with Crippen LogP contribution in [0.4, 0.5) is 0 Å². The van der Waals surface area contributed by atoms with E-state index >= 15 is 0 Å². The number of phenols is 1. The summed E-state index contributed by atoms with van der Waals surface area (Å²) in [7, 11) is 0. The molecule has 0 saturated carbocycles. The van der Waals surface area contributed by atoms with Crippen LogP contribution in [0.5, 0.6) is 5.75 Å². The van der Waals surface area contributed by atoms with Gasteiger partial charge >= 0.3 is 11.6 Å². The second kappa shape index (κ2) is 12.5. The lowest BCUT2D eigenvalue weighted by Gasteiger charge is -2.10. The summed E-state index contributed by atoms with van der Waals surface area (Å²) >= 11 is 0. The van der Waals surface area contributed by atoms with Gasteiger partial charge in [0.15, 0.2) is 0 Å². The zero-order chi connectivity index (χ0) is 21.8. The summed E-state index contributed by atoms with van der Waals surface area (Å²) in [6, 6.07) is 4.14. The van der Waals surface area contributed by atoms with Crippen LogP contribution in [0, 0.1) is 0 Å². The zero-order valence-corrected chi connectivity index (χ0v) is 16.5. The molecule has 2 aromatic rings. The van der Waals surface area contributed by atoms with Gasteiger partial charge in [0.05, 0.1) is 46.2 Å². The lowest BCUT2D eigenvalue weighted by molar-refractivity contribution is 0.0121. The van der Waals surface area contributed by atoms with Crippen LogP contribution in [-0.2, 0) is 25.6 Å². The topological polar surface area (TPSA) is 153 Å². The first-order valence-electron chi connectivity index (χ1n) is 9.27. The predicted octanol–water partition coefficient (Wildman–Crippen LogP) is 2.54. The number of hydrogen-bond acceptors (Lipinski definition) is 9. The van der Waals surface area contributed by atoms with E-state index in [9.17, 15) is 14.7 Å². The Balaban J connectivity index is 1.89. The maximum absolute atomic E-state index is 12.0. The molecule has 0 aliphatic carbocycles. The van der Waals surface area contributed by atoms with Crippen LogP contribution in [0.2, 0.25) is 0 Å². The van der Waals surface area contributed by atoms with E-state index in [1.165, 1.54) is 18.2 Å². The lowest BCUT2D eigenvalue weighted by atomic mass is 10.1. The van der Waals surface area contributed by atoms with Gasteiger partial charge < -0.3 is 28.5 Å². The number of carbonyl (C=O) groups excluding carboxylic acids is 1. The van der Waals surface area contributed by atoms with Crippen molar-refractivity contribution < 1.29 is 33.3 Å². The smallest absolute Gasteiger partial charge is 0.351 e. The second-order valence-corrected chi connectivity index (χ2v) is 5.92. The highest BCUT2D eigenvalue weighted by Gasteiger charge is 2.17. The van der Waals surface area contributed by atoms with Gasteiger partial charge in [-0.05, 0) is 30.2 Å². The molecule has 0 spiro atoms. The molecule has 0 atom stereocenters. The van der Waals surface area contributed by atoms with E-state index in [-0.39, 0.29) is 43.3 Å². The Labute approximate surface area is 171 Å². The average Bonchev–Trinajstić information content (AvgIpc) is 2.71. The van der Waals surface area contributed by atoms with E-state index < -0.39 is 11.6 Å². The molecule has 2 rings (SSSR count). The molecule has 1 aromatic heterocycles. The molecule has 0 saturated heterocycles. The van der Waals surface area contributed by atoms with Crippen LogP contribution in [0.15, 0.2) is 32.5 Å². The van der Waals surface area contributed by atoms with Crippen molar-refractivity contribution >= 4 is 16.9 Å². The normalized spacial score (nSPS) is 10.7. The van der Waals surface area contributed by atoms with Gasteiger partial charge in [0.25, 0.3) is 0 Å². The maximum atomic E-state index is 12.0. The van der Waals surface area contributed by atoms with E-state index in [4.69, 9.17) is 28.9 Å². The fraction of sp³-hybridized carbons (Fsp3) is 0.474. The molecular weight excluding hydrogens is 398 g/mol. The first-order valence-corrected chi connectivity index (χ1v) is 9.27.